The van der Waals surface area contributed by atoms with E-state index in [1.807, 2.05) is 0 Å². The minimum absolute atomic E-state index is 0.107. The van der Waals surface area contributed by atoms with E-state index in [9.17, 15) is 9.90 Å². The van der Waals surface area contributed by atoms with E-state index < -0.39 is 5.91 Å². The van der Waals surface area contributed by atoms with Crippen molar-refractivity contribution in [2.75, 3.05) is 11.1 Å². The van der Waals surface area contributed by atoms with Gasteiger partial charge in [-0.2, -0.15) is 0 Å². The Balaban J connectivity index is 2.24. The van der Waals surface area contributed by atoms with Gasteiger partial charge in [-0.15, -0.1) is 10.2 Å². The van der Waals surface area contributed by atoms with Crippen LogP contribution in [0.15, 0.2) is 23.7 Å². The Morgan fingerprint density at radius 2 is 2.31 bits per heavy atom. The lowest BCUT2D eigenvalue weighted by Crippen LogP contribution is -2.12. The van der Waals surface area contributed by atoms with Crippen molar-refractivity contribution >= 4 is 28.1 Å². The molecular weight excluding hydrogens is 228 g/mol. The zero-order chi connectivity index (χ0) is 11.5. The van der Waals surface area contributed by atoms with Crippen LogP contribution in [0.3, 0.4) is 0 Å². The molecular formula is C9H8N4O2S. The number of phenolic OH excluding ortho intramolecular Hbond substituents is 1. The van der Waals surface area contributed by atoms with Gasteiger partial charge in [-0.3, -0.25) is 10.1 Å². The van der Waals surface area contributed by atoms with Gasteiger partial charge in [-0.1, -0.05) is 17.4 Å². The van der Waals surface area contributed by atoms with Crippen LogP contribution in [0.25, 0.3) is 0 Å². The summed E-state index contributed by atoms with van der Waals surface area (Å²) < 4.78 is 0. The molecule has 0 saturated heterocycles. The van der Waals surface area contributed by atoms with Crippen LogP contribution in [0.1, 0.15) is 10.4 Å². The number of amides is 1. The lowest BCUT2D eigenvalue weighted by molar-refractivity contribution is 0.102. The average molecular weight is 236 g/mol. The zero-order valence-electron chi connectivity index (χ0n) is 8.04. The number of nitrogen functional groups attached to an aromatic ring is 1. The van der Waals surface area contributed by atoms with Crippen LogP contribution >= 0.6 is 11.3 Å². The topological polar surface area (TPSA) is 101 Å². The number of hydrogen-bond acceptors (Lipinski definition) is 6. The summed E-state index contributed by atoms with van der Waals surface area (Å²) in [6, 6.07) is 4.57. The molecule has 0 radical (unpaired) electrons. The van der Waals surface area contributed by atoms with Gasteiger partial charge in [0.05, 0.1) is 11.3 Å². The second-order valence-corrected chi connectivity index (χ2v) is 3.77. The van der Waals surface area contributed by atoms with E-state index in [0.29, 0.717) is 5.13 Å². The monoisotopic (exact) mass is 236 g/mol. The van der Waals surface area contributed by atoms with Crippen molar-refractivity contribution in [3.8, 4) is 5.75 Å². The van der Waals surface area contributed by atoms with Gasteiger partial charge in [0, 0.05) is 0 Å². The SMILES string of the molecule is Nc1cccc(C(=O)Nc2nncs2)c1O. The first-order chi connectivity index (χ1) is 7.68. The number of carbonyl (C=O) groups excluding carboxylic acids is 1. The Hall–Kier alpha value is -2.15. The second kappa shape index (κ2) is 4.15. The zero-order valence-corrected chi connectivity index (χ0v) is 8.86. The molecule has 0 saturated carbocycles. The molecule has 1 heterocycles. The summed E-state index contributed by atoms with van der Waals surface area (Å²) >= 11 is 1.19. The summed E-state index contributed by atoms with van der Waals surface area (Å²) in [6.07, 6.45) is 0. The number of nitrogens with zero attached hydrogens (tertiary/aromatic N) is 2. The fraction of sp³-hybridized carbons (Fsp3) is 0. The van der Waals surface area contributed by atoms with Gasteiger partial charge < -0.3 is 10.8 Å². The third-order valence-corrected chi connectivity index (χ3v) is 2.50. The Labute approximate surface area is 94.7 Å². The van der Waals surface area contributed by atoms with E-state index >= 15 is 0 Å². The predicted molar refractivity (Wildman–Crippen MR) is 60.4 cm³/mol. The van der Waals surface area contributed by atoms with Crippen molar-refractivity contribution in [3.05, 3.63) is 29.3 Å². The highest BCUT2D eigenvalue weighted by atomic mass is 32.1. The number of phenols is 1. The Morgan fingerprint density at radius 3 is 3.00 bits per heavy atom. The molecule has 2 aromatic rings. The number of rotatable bonds is 2. The maximum Gasteiger partial charge on any atom is 0.261 e. The Bertz CT molecular complexity index is 512. The number of aromatic hydroxyl groups is 1. The molecule has 0 aliphatic carbocycles. The van der Waals surface area contributed by atoms with E-state index in [0.717, 1.165) is 0 Å². The normalized spacial score (nSPS) is 10.0. The first-order valence-corrected chi connectivity index (χ1v) is 5.21. The molecule has 0 spiro atoms. The average Bonchev–Trinajstić information content (AvgIpc) is 2.74. The van der Waals surface area contributed by atoms with Gasteiger partial charge >= 0.3 is 0 Å². The first-order valence-electron chi connectivity index (χ1n) is 4.33. The third kappa shape index (κ3) is 1.94. The molecule has 82 valence electrons. The van der Waals surface area contributed by atoms with E-state index in [4.69, 9.17) is 5.73 Å². The number of anilines is 2. The minimum Gasteiger partial charge on any atom is -0.505 e. The first kappa shape index (κ1) is 10.4. The highest BCUT2D eigenvalue weighted by Gasteiger charge is 2.13. The largest absolute Gasteiger partial charge is 0.505 e. The molecule has 1 amide bonds. The molecule has 0 aliphatic heterocycles. The fourth-order valence-corrected chi connectivity index (χ4v) is 1.58. The third-order valence-electron chi connectivity index (χ3n) is 1.89. The van der Waals surface area contributed by atoms with Gasteiger partial charge in [0.15, 0.2) is 5.75 Å². The molecule has 0 bridgehead atoms. The van der Waals surface area contributed by atoms with Crippen molar-refractivity contribution in [3.63, 3.8) is 0 Å². The predicted octanol–water partition coefficient (Wildman–Crippen LogP) is 1.08. The van der Waals surface area contributed by atoms with Gasteiger partial charge in [-0.25, -0.2) is 0 Å². The minimum atomic E-state index is -0.471. The van der Waals surface area contributed by atoms with Gasteiger partial charge in [0.25, 0.3) is 5.91 Å². The highest BCUT2D eigenvalue weighted by molar-refractivity contribution is 7.13. The smallest absolute Gasteiger partial charge is 0.261 e. The van der Waals surface area contributed by atoms with Gasteiger partial charge in [-0.05, 0) is 12.1 Å². The molecule has 0 aliphatic rings. The van der Waals surface area contributed by atoms with E-state index in [1.165, 1.54) is 29.0 Å². The highest BCUT2D eigenvalue weighted by Crippen LogP contribution is 2.25. The quantitative estimate of drug-likeness (QED) is 0.535. The van der Waals surface area contributed by atoms with Gasteiger partial charge in [0.1, 0.15) is 5.51 Å². The van der Waals surface area contributed by atoms with Crippen molar-refractivity contribution < 1.29 is 9.90 Å². The van der Waals surface area contributed by atoms with Crippen molar-refractivity contribution in [1.29, 1.82) is 0 Å². The lowest BCUT2D eigenvalue weighted by atomic mass is 10.1. The molecule has 6 nitrogen and oxygen atoms in total. The second-order valence-electron chi connectivity index (χ2n) is 2.94. The maximum absolute atomic E-state index is 11.7. The Kier molecular flexibility index (Phi) is 2.69. The molecule has 4 N–H and O–H groups in total. The lowest BCUT2D eigenvalue weighted by Gasteiger charge is -2.05. The molecule has 7 heteroatoms. The number of para-hydroxylation sites is 1. The van der Waals surface area contributed by atoms with E-state index in [-0.39, 0.29) is 17.0 Å². The summed E-state index contributed by atoms with van der Waals surface area (Å²) in [4.78, 5) is 11.7. The van der Waals surface area contributed by atoms with Crippen molar-refractivity contribution in [2.45, 2.75) is 0 Å². The van der Waals surface area contributed by atoms with Crippen LogP contribution in [0.4, 0.5) is 10.8 Å². The number of nitrogens with one attached hydrogen (secondary N) is 1. The molecule has 16 heavy (non-hydrogen) atoms. The molecule has 0 atom stereocenters. The van der Waals surface area contributed by atoms with Crippen molar-refractivity contribution in [1.82, 2.24) is 10.2 Å². The van der Waals surface area contributed by atoms with Crippen LogP contribution in [0, 0.1) is 0 Å². The van der Waals surface area contributed by atoms with Crippen LogP contribution in [-0.2, 0) is 0 Å². The molecule has 0 fully saturated rings. The maximum atomic E-state index is 11.7. The number of nitrogens with two attached hydrogens (primary N) is 1. The molecule has 1 aromatic heterocycles. The van der Waals surface area contributed by atoms with Crippen molar-refractivity contribution in [2.24, 2.45) is 0 Å². The van der Waals surface area contributed by atoms with E-state index in [1.54, 1.807) is 6.07 Å². The Morgan fingerprint density at radius 1 is 1.50 bits per heavy atom. The summed E-state index contributed by atoms with van der Waals surface area (Å²) in [5.74, 6) is -0.703. The van der Waals surface area contributed by atoms with Crippen LogP contribution in [0.5, 0.6) is 5.75 Å². The summed E-state index contributed by atoms with van der Waals surface area (Å²) in [5.41, 5.74) is 7.24. The van der Waals surface area contributed by atoms with Crippen LogP contribution in [0.2, 0.25) is 0 Å². The molecule has 2 rings (SSSR count). The number of hydrogen-bond donors (Lipinski definition) is 3. The molecule has 0 unspecified atom stereocenters. The number of benzene rings is 1. The van der Waals surface area contributed by atoms with E-state index in [2.05, 4.69) is 15.5 Å². The number of carbonyl (C=O) groups is 1. The standard InChI is InChI=1S/C9H8N4O2S/c10-6-3-1-2-5(7(6)14)8(15)12-9-13-11-4-16-9/h1-4,14H,10H2,(H,12,13,15). The summed E-state index contributed by atoms with van der Waals surface area (Å²) in [7, 11) is 0. The fourth-order valence-electron chi connectivity index (χ4n) is 1.14. The summed E-state index contributed by atoms with van der Waals surface area (Å²) in [6.45, 7) is 0. The van der Waals surface area contributed by atoms with Crippen LogP contribution < -0.4 is 11.1 Å². The van der Waals surface area contributed by atoms with Gasteiger partial charge in [0.2, 0.25) is 5.13 Å². The van der Waals surface area contributed by atoms with Crippen LogP contribution in [-0.4, -0.2) is 21.2 Å². The summed E-state index contributed by atoms with van der Waals surface area (Å²) in [5, 5.41) is 19.7. The molecule has 1 aromatic carbocycles. The number of aromatic nitrogens is 2.